The second kappa shape index (κ2) is 7.35. The van der Waals surface area contributed by atoms with Gasteiger partial charge in [0.15, 0.2) is 0 Å². The van der Waals surface area contributed by atoms with Crippen LogP contribution in [0.3, 0.4) is 0 Å². The van der Waals surface area contributed by atoms with E-state index in [1.807, 2.05) is 35.0 Å². The molecule has 1 aromatic heterocycles. The van der Waals surface area contributed by atoms with Crippen LogP contribution < -0.4 is 10.1 Å². The van der Waals surface area contributed by atoms with Gasteiger partial charge in [-0.25, -0.2) is 4.68 Å². The van der Waals surface area contributed by atoms with Crippen molar-refractivity contribution in [2.45, 2.75) is 12.1 Å². The molecule has 2 aliphatic rings. The second-order valence-corrected chi connectivity index (χ2v) is 9.31. The molecule has 3 heterocycles. The maximum absolute atomic E-state index is 6.61. The van der Waals surface area contributed by atoms with Crippen LogP contribution >= 0.6 is 31.9 Å². The number of hydrogen-bond acceptors (Lipinski definition) is 4. The van der Waals surface area contributed by atoms with Crippen LogP contribution in [0.1, 0.15) is 28.8 Å². The van der Waals surface area contributed by atoms with Crippen molar-refractivity contribution in [2.24, 2.45) is 0 Å². The van der Waals surface area contributed by atoms with Gasteiger partial charge in [-0.15, -0.1) is 0 Å². The quantitative estimate of drug-likeness (QED) is 0.324. The number of rotatable bonds is 2. The molecule has 0 aliphatic carbocycles. The number of fused-ring (bicyclic) bond motifs is 3. The highest BCUT2D eigenvalue weighted by Gasteiger charge is 2.40. The molecule has 31 heavy (non-hydrogen) atoms. The third-order valence-corrected chi connectivity index (χ3v) is 6.74. The number of para-hydroxylation sites is 1. The van der Waals surface area contributed by atoms with Crippen LogP contribution in [0.4, 0.5) is 5.95 Å². The molecule has 0 radical (unpaired) electrons. The van der Waals surface area contributed by atoms with Gasteiger partial charge in [-0.3, -0.25) is 0 Å². The zero-order chi connectivity index (χ0) is 20.9. The Morgan fingerprint density at radius 2 is 1.52 bits per heavy atom. The fraction of sp³-hybridized carbons (Fsp3) is 0.0833. The molecule has 0 spiro atoms. The number of ether oxygens (including phenoxy) is 1. The zero-order valence-electron chi connectivity index (χ0n) is 16.2. The van der Waals surface area contributed by atoms with Crippen LogP contribution in [0.25, 0.3) is 5.70 Å². The average Bonchev–Trinajstić information content (AvgIpc) is 3.27. The van der Waals surface area contributed by atoms with E-state index < -0.39 is 0 Å². The summed E-state index contributed by atoms with van der Waals surface area (Å²) in [5, 5.41) is 8.09. The van der Waals surface area contributed by atoms with Gasteiger partial charge in [-0.2, -0.15) is 10.1 Å². The van der Waals surface area contributed by atoms with Gasteiger partial charge in [0.05, 0.1) is 5.70 Å². The minimum atomic E-state index is -0.267. The SMILES string of the molecule is Brc1ccc(C2Oc3ccccc3C3=C2C(c2ccc(Br)cc2)n2ncnc2N3)cc1. The lowest BCUT2D eigenvalue weighted by molar-refractivity contribution is 0.223. The lowest BCUT2D eigenvalue weighted by Gasteiger charge is -2.39. The fourth-order valence-corrected chi connectivity index (χ4v) is 4.82. The molecule has 0 fully saturated rings. The minimum absolute atomic E-state index is 0.149. The van der Waals surface area contributed by atoms with Crippen LogP contribution in [-0.2, 0) is 0 Å². The van der Waals surface area contributed by atoms with E-state index in [-0.39, 0.29) is 12.1 Å². The smallest absolute Gasteiger partial charge is 0.226 e. The van der Waals surface area contributed by atoms with E-state index in [9.17, 15) is 0 Å². The monoisotopic (exact) mass is 534 g/mol. The van der Waals surface area contributed by atoms with Gasteiger partial charge in [0.25, 0.3) is 0 Å². The van der Waals surface area contributed by atoms with E-state index in [0.29, 0.717) is 0 Å². The van der Waals surface area contributed by atoms with E-state index in [1.54, 1.807) is 6.33 Å². The molecule has 5 nitrogen and oxygen atoms in total. The first-order valence-electron chi connectivity index (χ1n) is 9.86. The first-order valence-corrected chi connectivity index (χ1v) is 11.5. The first kappa shape index (κ1) is 18.8. The number of anilines is 1. The summed E-state index contributed by atoms with van der Waals surface area (Å²) in [5.41, 5.74) is 5.37. The number of nitrogens with zero attached hydrogens (tertiary/aromatic N) is 3. The summed E-state index contributed by atoms with van der Waals surface area (Å²) in [5.74, 6) is 1.57. The minimum Gasteiger partial charge on any atom is -0.480 e. The number of nitrogens with one attached hydrogen (secondary N) is 1. The number of hydrogen-bond donors (Lipinski definition) is 1. The molecule has 0 saturated carbocycles. The molecule has 1 N–H and O–H groups in total. The summed E-state index contributed by atoms with van der Waals surface area (Å²) in [4.78, 5) is 4.47. The Morgan fingerprint density at radius 1 is 0.839 bits per heavy atom. The summed E-state index contributed by atoms with van der Waals surface area (Å²) >= 11 is 7.09. The van der Waals surface area contributed by atoms with Crippen LogP contribution in [0.15, 0.2) is 93.6 Å². The van der Waals surface area contributed by atoms with Gasteiger partial charge < -0.3 is 10.1 Å². The maximum Gasteiger partial charge on any atom is 0.226 e. The average molecular weight is 536 g/mol. The van der Waals surface area contributed by atoms with E-state index >= 15 is 0 Å². The Bertz CT molecular complexity index is 1310. The highest BCUT2D eigenvalue weighted by molar-refractivity contribution is 9.10. The topological polar surface area (TPSA) is 52.0 Å². The summed E-state index contributed by atoms with van der Waals surface area (Å²) < 4.78 is 10.6. The summed E-state index contributed by atoms with van der Waals surface area (Å²) in [6.45, 7) is 0. The molecule has 2 aliphatic heterocycles. The molecule has 4 aromatic rings. The third kappa shape index (κ3) is 3.11. The van der Waals surface area contributed by atoms with Gasteiger partial charge in [0.1, 0.15) is 24.2 Å². The molecule has 2 unspecified atom stereocenters. The van der Waals surface area contributed by atoms with Crippen molar-refractivity contribution in [2.75, 3.05) is 5.32 Å². The van der Waals surface area contributed by atoms with E-state index in [0.717, 1.165) is 48.6 Å². The van der Waals surface area contributed by atoms with Crippen molar-refractivity contribution in [3.8, 4) is 5.75 Å². The van der Waals surface area contributed by atoms with Crippen LogP contribution in [0, 0.1) is 0 Å². The van der Waals surface area contributed by atoms with Crippen molar-refractivity contribution in [3.63, 3.8) is 0 Å². The van der Waals surface area contributed by atoms with Crippen LogP contribution in [-0.4, -0.2) is 14.8 Å². The van der Waals surface area contributed by atoms with Crippen molar-refractivity contribution in [3.05, 3.63) is 110 Å². The van der Waals surface area contributed by atoms with Crippen LogP contribution in [0.5, 0.6) is 5.75 Å². The summed E-state index contributed by atoms with van der Waals surface area (Å²) in [7, 11) is 0. The number of halogens is 2. The van der Waals surface area contributed by atoms with Crippen molar-refractivity contribution in [1.29, 1.82) is 0 Å². The second-order valence-electron chi connectivity index (χ2n) is 7.48. The van der Waals surface area contributed by atoms with Crippen molar-refractivity contribution >= 4 is 43.5 Å². The maximum atomic E-state index is 6.61. The van der Waals surface area contributed by atoms with Gasteiger partial charge in [-0.05, 0) is 47.5 Å². The normalized spacial score (nSPS) is 19.0. The van der Waals surface area contributed by atoms with Crippen LogP contribution in [0.2, 0.25) is 0 Å². The Hall–Kier alpha value is -2.90. The Balaban J connectivity index is 1.62. The lowest BCUT2D eigenvalue weighted by Crippen LogP contribution is -2.32. The van der Waals surface area contributed by atoms with Gasteiger partial charge in [0, 0.05) is 20.1 Å². The van der Waals surface area contributed by atoms with Crippen molar-refractivity contribution in [1.82, 2.24) is 14.8 Å². The van der Waals surface area contributed by atoms with Gasteiger partial charge >= 0.3 is 0 Å². The molecular formula is C24H16Br2N4O. The Morgan fingerprint density at radius 3 is 2.26 bits per heavy atom. The number of aromatic nitrogens is 3. The predicted octanol–water partition coefficient (Wildman–Crippen LogP) is 6.36. The third-order valence-electron chi connectivity index (χ3n) is 5.68. The largest absolute Gasteiger partial charge is 0.480 e. The lowest BCUT2D eigenvalue weighted by atomic mass is 9.85. The molecule has 3 aromatic carbocycles. The molecule has 6 rings (SSSR count). The molecule has 7 heteroatoms. The number of benzene rings is 3. The Kier molecular flexibility index (Phi) is 4.47. The van der Waals surface area contributed by atoms with E-state index in [1.165, 1.54) is 0 Å². The predicted molar refractivity (Wildman–Crippen MR) is 127 cm³/mol. The molecule has 0 saturated heterocycles. The van der Waals surface area contributed by atoms with Gasteiger partial charge in [0.2, 0.25) is 5.95 Å². The molecule has 152 valence electrons. The zero-order valence-corrected chi connectivity index (χ0v) is 19.3. The van der Waals surface area contributed by atoms with E-state index in [4.69, 9.17) is 4.74 Å². The summed E-state index contributed by atoms with van der Waals surface area (Å²) in [6.07, 6.45) is 1.32. The van der Waals surface area contributed by atoms with Gasteiger partial charge in [-0.1, -0.05) is 68.3 Å². The Labute approximate surface area is 196 Å². The summed E-state index contributed by atoms with van der Waals surface area (Å²) in [6, 6.07) is 24.6. The highest BCUT2D eigenvalue weighted by atomic mass is 79.9. The molecule has 0 bridgehead atoms. The molecular weight excluding hydrogens is 520 g/mol. The molecule has 0 amide bonds. The van der Waals surface area contributed by atoms with E-state index in [2.05, 4.69) is 89.7 Å². The van der Waals surface area contributed by atoms with Crippen molar-refractivity contribution < 1.29 is 4.74 Å². The standard InChI is InChI=1S/C24H16Br2N4O/c25-16-9-5-14(6-10-16)22-20-21(29-24-27-13-28-30(22)24)18-3-1-2-4-19(18)31-23(20)15-7-11-17(26)12-8-15/h1-13,22-23H,(H,27,28,29). The fourth-order valence-electron chi connectivity index (χ4n) is 4.30. The first-order chi connectivity index (χ1) is 15.2. The highest BCUT2D eigenvalue weighted by Crippen LogP contribution is 2.50. The molecule has 2 atom stereocenters.